The summed E-state index contributed by atoms with van der Waals surface area (Å²) in [6.45, 7) is 9.93. The van der Waals surface area contributed by atoms with Gasteiger partial charge in [-0.1, -0.05) is 37.3 Å². The molecule has 0 saturated carbocycles. The largest absolute Gasteiger partial charge is 0.508 e. The fourth-order valence-electron chi connectivity index (χ4n) is 4.04. The number of rotatable bonds is 10. The van der Waals surface area contributed by atoms with Gasteiger partial charge < -0.3 is 19.9 Å². The minimum Gasteiger partial charge on any atom is -0.508 e. The van der Waals surface area contributed by atoms with Gasteiger partial charge in [-0.15, -0.1) is 0 Å². The molecule has 0 aliphatic heterocycles. The number of ether oxygens (including phenoxy) is 2. The first kappa shape index (κ1) is 26.8. The molecule has 190 valence electrons. The lowest BCUT2D eigenvalue weighted by molar-refractivity contribution is -0.152. The lowest BCUT2D eigenvalue weighted by Gasteiger charge is -2.23. The van der Waals surface area contributed by atoms with Gasteiger partial charge in [0.15, 0.2) is 0 Å². The van der Waals surface area contributed by atoms with Crippen LogP contribution in [0.4, 0.5) is 5.69 Å². The normalized spacial score (nSPS) is 10.8. The van der Waals surface area contributed by atoms with Gasteiger partial charge >= 0.3 is 11.9 Å². The first-order chi connectivity index (χ1) is 17.3. The van der Waals surface area contributed by atoms with Crippen molar-refractivity contribution in [3.63, 3.8) is 0 Å². The van der Waals surface area contributed by atoms with E-state index in [1.54, 1.807) is 31.2 Å². The zero-order valence-electron chi connectivity index (χ0n) is 21.3. The molecule has 0 heterocycles. The number of phenols is 1. The second kappa shape index (κ2) is 12.7. The SMILES string of the molecule is CCCN(Cc1ccccc1)Cc1cc(Oc2c(C)cc(NC(=O)C(=O)OCC)cc2C)ccc1O. The van der Waals surface area contributed by atoms with Gasteiger partial charge in [0.2, 0.25) is 0 Å². The summed E-state index contributed by atoms with van der Waals surface area (Å²) in [5.74, 6) is -0.264. The summed E-state index contributed by atoms with van der Waals surface area (Å²) in [4.78, 5) is 25.9. The van der Waals surface area contributed by atoms with Crippen LogP contribution in [0.1, 0.15) is 42.5 Å². The average molecular weight is 491 g/mol. The van der Waals surface area contributed by atoms with E-state index in [1.807, 2.05) is 38.1 Å². The van der Waals surface area contributed by atoms with E-state index >= 15 is 0 Å². The molecule has 0 radical (unpaired) electrons. The fraction of sp³-hybridized carbons (Fsp3) is 0.310. The van der Waals surface area contributed by atoms with Crippen LogP contribution in [0, 0.1) is 13.8 Å². The topological polar surface area (TPSA) is 88.1 Å². The molecular formula is C29H34N2O5. The highest BCUT2D eigenvalue weighted by Crippen LogP contribution is 2.34. The molecule has 0 bridgehead atoms. The number of nitrogens with zero attached hydrogens (tertiary/aromatic N) is 1. The monoisotopic (exact) mass is 490 g/mol. The standard InChI is InChI=1S/C29H34N2O5/c1-5-14-31(18-22-10-8-7-9-11-22)19-23-17-25(12-13-26(23)32)36-27-20(3)15-24(16-21(27)4)30-28(33)29(34)35-6-2/h7-13,15-17,32H,5-6,14,18-19H2,1-4H3,(H,30,33). The number of phenolic OH excluding ortho intramolecular Hbond substituents is 1. The number of carbonyl (C=O) groups is 2. The van der Waals surface area contributed by atoms with E-state index in [9.17, 15) is 14.7 Å². The summed E-state index contributed by atoms with van der Waals surface area (Å²) >= 11 is 0. The second-order valence-corrected chi connectivity index (χ2v) is 8.70. The molecule has 0 atom stereocenters. The molecule has 36 heavy (non-hydrogen) atoms. The van der Waals surface area contributed by atoms with Crippen molar-refractivity contribution in [1.29, 1.82) is 0 Å². The highest BCUT2D eigenvalue weighted by Gasteiger charge is 2.17. The average Bonchev–Trinajstić information content (AvgIpc) is 2.84. The highest BCUT2D eigenvalue weighted by molar-refractivity contribution is 6.37. The molecule has 3 aromatic carbocycles. The summed E-state index contributed by atoms with van der Waals surface area (Å²) in [5, 5.41) is 13.1. The third-order valence-electron chi connectivity index (χ3n) is 5.63. The van der Waals surface area contributed by atoms with Gasteiger partial charge in [-0.2, -0.15) is 0 Å². The Balaban J connectivity index is 1.76. The van der Waals surface area contributed by atoms with E-state index in [4.69, 9.17) is 9.47 Å². The Labute approximate surface area is 212 Å². The van der Waals surface area contributed by atoms with Crippen molar-refractivity contribution < 1.29 is 24.2 Å². The van der Waals surface area contributed by atoms with Crippen molar-refractivity contribution in [3.8, 4) is 17.2 Å². The Morgan fingerprint density at radius 1 is 0.944 bits per heavy atom. The number of anilines is 1. The molecular weight excluding hydrogens is 456 g/mol. The molecule has 0 spiro atoms. The van der Waals surface area contributed by atoms with Gasteiger partial charge in [-0.25, -0.2) is 4.79 Å². The maximum atomic E-state index is 12.0. The molecule has 0 saturated heterocycles. The van der Waals surface area contributed by atoms with Crippen LogP contribution in [0.15, 0.2) is 60.7 Å². The summed E-state index contributed by atoms with van der Waals surface area (Å²) < 4.78 is 10.9. The number of hydrogen-bond donors (Lipinski definition) is 2. The molecule has 3 aromatic rings. The van der Waals surface area contributed by atoms with Crippen LogP contribution in [0.25, 0.3) is 0 Å². The Hall–Kier alpha value is -3.84. The molecule has 0 aromatic heterocycles. The third-order valence-corrected chi connectivity index (χ3v) is 5.63. The Kier molecular flexibility index (Phi) is 9.47. The number of aromatic hydroxyl groups is 1. The number of carbonyl (C=O) groups excluding carboxylic acids is 2. The van der Waals surface area contributed by atoms with E-state index in [2.05, 4.69) is 29.3 Å². The predicted molar refractivity (Wildman–Crippen MR) is 140 cm³/mol. The molecule has 7 heteroatoms. The van der Waals surface area contributed by atoms with Crippen LogP contribution in [0.5, 0.6) is 17.2 Å². The quantitative estimate of drug-likeness (QED) is 0.279. The van der Waals surface area contributed by atoms with E-state index in [-0.39, 0.29) is 12.4 Å². The van der Waals surface area contributed by atoms with Crippen LogP contribution in [-0.2, 0) is 27.4 Å². The van der Waals surface area contributed by atoms with Crippen LogP contribution in [0.2, 0.25) is 0 Å². The molecule has 7 nitrogen and oxygen atoms in total. The van der Waals surface area contributed by atoms with Gasteiger partial charge in [-0.05, 0) is 80.8 Å². The summed E-state index contributed by atoms with van der Waals surface area (Å²) in [6.07, 6.45) is 1.00. The zero-order chi connectivity index (χ0) is 26.1. The molecule has 3 rings (SSSR count). The fourth-order valence-corrected chi connectivity index (χ4v) is 4.04. The van der Waals surface area contributed by atoms with Gasteiger partial charge in [-0.3, -0.25) is 9.69 Å². The Bertz CT molecular complexity index is 1170. The molecule has 0 aliphatic rings. The minimum atomic E-state index is -0.922. The van der Waals surface area contributed by atoms with Crippen molar-refractivity contribution in [3.05, 3.63) is 82.9 Å². The van der Waals surface area contributed by atoms with E-state index in [1.165, 1.54) is 5.56 Å². The molecule has 0 unspecified atom stereocenters. The molecule has 0 fully saturated rings. The van der Waals surface area contributed by atoms with Crippen LogP contribution in [-0.4, -0.2) is 35.0 Å². The summed E-state index contributed by atoms with van der Waals surface area (Å²) in [5.41, 5.74) is 4.07. The first-order valence-electron chi connectivity index (χ1n) is 12.2. The highest BCUT2D eigenvalue weighted by atomic mass is 16.5. The number of esters is 1. The number of nitrogens with one attached hydrogen (secondary N) is 1. The lowest BCUT2D eigenvalue weighted by Crippen LogP contribution is -2.25. The Morgan fingerprint density at radius 3 is 2.28 bits per heavy atom. The molecule has 0 aliphatic carbocycles. The first-order valence-corrected chi connectivity index (χ1v) is 12.2. The smallest absolute Gasteiger partial charge is 0.397 e. The van der Waals surface area contributed by atoms with Gasteiger partial charge in [0.25, 0.3) is 0 Å². The van der Waals surface area contributed by atoms with Crippen LogP contribution in [0.3, 0.4) is 0 Å². The maximum absolute atomic E-state index is 12.0. The van der Waals surface area contributed by atoms with Gasteiger partial charge in [0, 0.05) is 24.3 Å². The van der Waals surface area contributed by atoms with E-state index in [0.717, 1.165) is 36.2 Å². The van der Waals surface area contributed by atoms with E-state index < -0.39 is 11.9 Å². The number of benzene rings is 3. The van der Waals surface area contributed by atoms with Crippen molar-refractivity contribution in [2.45, 2.75) is 47.2 Å². The lowest BCUT2D eigenvalue weighted by atomic mass is 10.1. The predicted octanol–water partition coefficient (Wildman–Crippen LogP) is 5.72. The van der Waals surface area contributed by atoms with Crippen LogP contribution >= 0.6 is 0 Å². The second-order valence-electron chi connectivity index (χ2n) is 8.70. The summed E-state index contributed by atoms with van der Waals surface area (Å²) in [6, 6.07) is 19.0. The zero-order valence-corrected chi connectivity index (χ0v) is 21.3. The van der Waals surface area contributed by atoms with Crippen molar-refractivity contribution in [2.24, 2.45) is 0 Å². The maximum Gasteiger partial charge on any atom is 0.397 e. The van der Waals surface area contributed by atoms with Crippen molar-refractivity contribution in [2.75, 3.05) is 18.5 Å². The third kappa shape index (κ3) is 7.33. The number of hydrogen-bond acceptors (Lipinski definition) is 6. The molecule has 1 amide bonds. The van der Waals surface area contributed by atoms with Crippen LogP contribution < -0.4 is 10.1 Å². The summed E-state index contributed by atoms with van der Waals surface area (Å²) in [7, 11) is 0. The number of aryl methyl sites for hydroxylation is 2. The van der Waals surface area contributed by atoms with Gasteiger partial charge in [0.05, 0.1) is 6.61 Å². The van der Waals surface area contributed by atoms with Crippen molar-refractivity contribution in [1.82, 2.24) is 4.90 Å². The van der Waals surface area contributed by atoms with Crippen molar-refractivity contribution >= 4 is 17.6 Å². The van der Waals surface area contributed by atoms with Gasteiger partial charge in [0.1, 0.15) is 17.2 Å². The van der Waals surface area contributed by atoms with E-state index in [0.29, 0.717) is 23.7 Å². The Morgan fingerprint density at radius 2 is 1.64 bits per heavy atom. The molecule has 2 N–H and O–H groups in total. The minimum absolute atomic E-state index is 0.133. The number of amides is 1.